The van der Waals surface area contributed by atoms with Crippen LogP contribution in [0.3, 0.4) is 0 Å². The second-order valence-corrected chi connectivity index (χ2v) is 9.02. The smallest absolute Gasteiger partial charge is 0.240 e. The molecular weight excluding hydrogens is 456 g/mol. The Morgan fingerprint density at radius 1 is 1.26 bits per heavy atom. The first-order valence-electron chi connectivity index (χ1n) is 11.1. The molecule has 0 radical (unpaired) electrons. The summed E-state index contributed by atoms with van der Waals surface area (Å²) in [6.45, 7) is 5.07. The lowest BCUT2D eigenvalue weighted by Gasteiger charge is -2.27. The van der Waals surface area contributed by atoms with Gasteiger partial charge in [0.1, 0.15) is 17.6 Å². The lowest BCUT2D eigenvalue weighted by atomic mass is 10.0. The number of benzene rings is 2. The quantitative estimate of drug-likeness (QED) is 0.418. The van der Waals surface area contributed by atoms with Crippen molar-refractivity contribution >= 4 is 23.2 Å². The lowest BCUT2D eigenvalue weighted by Crippen LogP contribution is -2.42. The maximum atomic E-state index is 11.3. The van der Waals surface area contributed by atoms with Gasteiger partial charge in [-0.2, -0.15) is 10.4 Å². The summed E-state index contributed by atoms with van der Waals surface area (Å²) in [4.78, 5) is 11.3. The summed E-state index contributed by atoms with van der Waals surface area (Å²) < 4.78 is 11.4. The maximum Gasteiger partial charge on any atom is 0.240 e. The molecule has 34 heavy (non-hydrogen) atoms. The van der Waals surface area contributed by atoms with Crippen LogP contribution in [0.2, 0.25) is 5.02 Å². The Kier molecular flexibility index (Phi) is 8.88. The number of amides is 1. The first kappa shape index (κ1) is 25.5. The van der Waals surface area contributed by atoms with Crippen LogP contribution in [0, 0.1) is 11.3 Å². The van der Waals surface area contributed by atoms with Gasteiger partial charge in [-0.05, 0) is 56.2 Å². The molecule has 0 fully saturated rings. The molecule has 1 unspecified atom stereocenters. The maximum absolute atomic E-state index is 11.3. The minimum Gasteiger partial charge on any atom is -0.492 e. The fourth-order valence-electron chi connectivity index (χ4n) is 3.39. The van der Waals surface area contributed by atoms with E-state index in [0.29, 0.717) is 60.9 Å². The molecule has 8 nitrogen and oxygen atoms in total. The Balaban J connectivity index is 1.42. The van der Waals surface area contributed by atoms with Crippen LogP contribution >= 0.6 is 11.6 Å². The number of hydrogen-bond donors (Lipinski definition) is 3. The van der Waals surface area contributed by atoms with Gasteiger partial charge in [0, 0.05) is 31.3 Å². The van der Waals surface area contributed by atoms with Gasteiger partial charge in [-0.25, -0.2) is 5.43 Å². The molecule has 1 heterocycles. The van der Waals surface area contributed by atoms with E-state index in [0.717, 1.165) is 11.3 Å². The second kappa shape index (κ2) is 11.8. The van der Waals surface area contributed by atoms with Crippen LogP contribution in [0.1, 0.15) is 50.7 Å². The van der Waals surface area contributed by atoms with Crippen LogP contribution in [-0.2, 0) is 4.79 Å². The molecular formula is C25H29ClN4O4. The van der Waals surface area contributed by atoms with Crippen molar-refractivity contribution < 1.29 is 19.4 Å². The topological polar surface area (TPSA) is 116 Å². The summed E-state index contributed by atoms with van der Waals surface area (Å²) in [5, 5.41) is 27.2. The number of nitrogens with zero attached hydrogens (tertiary/aromatic N) is 2. The van der Waals surface area contributed by atoms with E-state index >= 15 is 0 Å². The number of rotatable bonds is 11. The first-order valence-corrected chi connectivity index (χ1v) is 11.5. The number of aliphatic hydroxyl groups is 1. The molecule has 3 N–H and O–H groups in total. The highest BCUT2D eigenvalue weighted by Gasteiger charge is 2.19. The number of carbonyl (C=O) groups is 1. The van der Waals surface area contributed by atoms with Gasteiger partial charge >= 0.3 is 0 Å². The number of halogens is 1. The fraction of sp³-hybridized carbons (Fsp3) is 0.400. The average molecular weight is 485 g/mol. The third-order valence-electron chi connectivity index (χ3n) is 5.42. The molecule has 0 bridgehead atoms. The summed E-state index contributed by atoms with van der Waals surface area (Å²) in [6.07, 6.45) is 1.04. The van der Waals surface area contributed by atoms with E-state index in [1.165, 1.54) is 0 Å². The van der Waals surface area contributed by atoms with Crippen molar-refractivity contribution in [1.82, 2.24) is 10.7 Å². The first-order chi connectivity index (χ1) is 16.3. The SMILES string of the molecule is CC(C)(CCOc1ccc(C2=NNC(=O)CC2)cc1Cl)NCCC(O)Oc1ccccc1C#N. The Morgan fingerprint density at radius 3 is 2.76 bits per heavy atom. The summed E-state index contributed by atoms with van der Waals surface area (Å²) in [5.74, 6) is 0.868. The van der Waals surface area contributed by atoms with Gasteiger partial charge in [0.25, 0.3) is 0 Å². The third-order valence-corrected chi connectivity index (χ3v) is 5.71. The van der Waals surface area contributed by atoms with E-state index in [4.69, 9.17) is 26.3 Å². The molecule has 3 rings (SSSR count). The van der Waals surface area contributed by atoms with Gasteiger partial charge < -0.3 is 19.9 Å². The molecule has 2 aromatic carbocycles. The Hall–Kier alpha value is -3.12. The van der Waals surface area contributed by atoms with Crippen molar-refractivity contribution in [3.05, 3.63) is 58.6 Å². The minimum absolute atomic E-state index is 0.0858. The number of carbonyl (C=O) groups excluding carboxylic acids is 1. The molecule has 2 aromatic rings. The zero-order chi connectivity index (χ0) is 24.6. The van der Waals surface area contributed by atoms with Crippen molar-refractivity contribution in [2.75, 3.05) is 13.2 Å². The van der Waals surface area contributed by atoms with Gasteiger partial charge in [-0.1, -0.05) is 23.7 Å². The second-order valence-electron chi connectivity index (χ2n) is 8.62. The van der Waals surface area contributed by atoms with Gasteiger partial charge in [-0.15, -0.1) is 0 Å². The van der Waals surface area contributed by atoms with Gasteiger partial charge in [0.15, 0.2) is 6.29 Å². The van der Waals surface area contributed by atoms with Crippen LogP contribution in [0.15, 0.2) is 47.6 Å². The highest BCUT2D eigenvalue weighted by Crippen LogP contribution is 2.27. The highest BCUT2D eigenvalue weighted by atomic mass is 35.5. The van der Waals surface area contributed by atoms with Crippen molar-refractivity contribution in [2.45, 2.75) is 51.4 Å². The fourth-order valence-corrected chi connectivity index (χ4v) is 3.62. The zero-order valence-electron chi connectivity index (χ0n) is 19.3. The molecule has 0 saturated heterocycles. The van der Waals surface area contributed by atoms with Crippen LogP contribution < -0.4 is 20.2 Å². The molecule has 0 aromatic heterocycles. The summed E-state index contributed by atoms with van der Waals surface area (Å²) in [7, 11) is 0. The van der Waals surface area contributed by atoms with Crippen LogP contribution in [-0.4, -0.2) is 41.7 Å². The van der Waals surface area contributed by atoms with Crippen LogP contribution in [0.4, 0.5) is 0 Å². The largest absolute Gasteiger partial charge is 0.492 e. The van der Waals surface area contributed by atoms with Crippen molar-refractivity contribution in [3.63, 3.8) is 0 Å². The number of aliphatic hydroxyl groups excluding tert-OH is 1. The molecule has 0 aliphatic carbocycles. The third kappa shape index (κ3) is 7.45. The van der Waals surface area contributed by atoms with E-state index in [2.05, 4.69) is 29.7 Å². The van der Waals surface area contributed by atoms with Crippen LogP contribution in [0.5, 0.6) is 11.5 Å². The Bertz CT molecular complexity index is 1080. The molecule has 180 valence electrons. The van der Waals surface area contributed by atoms with Gasteiger partial charge in [0.05, 0.1) is 22.9 Å². The molecule has 9 heteroatoms. The zero-order valence-corrected chi connectivity index (χ0v) is 20.1. The molecule has 1 atom stereocenters. The Morgan fingerprint density at radius 2 is 2.06 bits per heavy atom. The summed E-state index contributed by atoms with van der Waals surface area (Å²) >= 11 is 6.39. The average Bonchev–Trinajstić information content (AvgIpc) is 2.81. The van der Waals surface area contributed by atoms with E-state index < -0.39 is 6.29 Å². The summed E-state index contributed by atoms with van der Waals surface area (Å²) in [5.41, 5.74) is 4.28. The summed E-state index contributed by atoms with van der Waals surface area (Å²) in [6, 6.07) is 14.3. The minimum atomic E-state index is -1.02. The molecule has 1 amide bonds. The van der Waals surface area contributed by atoms with E-state index in [1.54, 1.807) is 30.3 Å². The lowest BCUT2D eigenvalue weighted by molar-refractivity contribution is -0.121. The van der Waals surface area contributed by atoms with Gasteiger partial charge in [0.2, 0.25) is 5.91 Å². The Labute approximate surface area is 204 Å². The predicted octanol–water partition coefficient (Wildman–Crippen LogP) is 3.75. The molecule has 0 saturated carbocycles. The van der Waals surface area contributed by atoms with E-state index in [1.807, 2.05) is 18.2 Å². The van der Waals surface area contributed by atoms with Crippen LogP contribution in [0.25, 0.3) is 0 Å². The number of nitrogens with one attached hydrogen (secondary N) is 2. The monoisotopic (exact) mass is 484 g/mol. The predicted molar refractivity (Wildman–Crippen MR) is 130 cm³/mol. The molecule has 1 aliphatic heterocycles. The van der Waals surface area contributed by atoms with Crippen molar-refractivity contribution in [2.24, 2.45) is 5.10 Å². The number of para-hydroxylation sites is 1. The molecule has 1 aliphatic rings. The standard InChI is InChI=1S/C25H29ClN4O4/c1-25(2,28-13-11-24(32)34-21-6-4-3-5-18(21)16-27)12-14-33-22-9-7-17(15-19(22)26)20-8-10-23(31)30-29-20/h3-7,9,15,24,28,32H,8,10-14H2,1-2H3,(H,30,31). The van der Waals surface area contributed by atoms with E-state index in [-0.39, 0.29) is 11.4 Å². The normalized spacial score (nSPS) is 14.6. The number of hydrazone groups is 1. The molecule has 0 spiro atoms. The highest BCUT2D eigenvalue weighted by molar-refractivity contribution is 6.32. The van der Waals surface area contributed by atoms with Crippen molar-refractivity contribution in [3.8, 4) is 17.6 Å². The number of nitriles is 1. The number of ether oxygens (including phenoxy) is 2. The van der Waals surface area contributed by atoms with E-state index in [9.17, 15) is 9.90 Å². The van der Waals surface area contributed by atoms with Crippen molar-refractivity contribution in [1.29, 1.82) is 5.26 Å². The van der Waals surface area contributed by atoms with Gasteiger partial charge in [-0.3, -0.25) is 4.79 Å². The number of hydrogen-bond acceptors (Lipinski definition) is 7.